The summed E-state index contributed by atoms with van der Waals surface area (Å²) in [5.41, 5.74) is -5.50. The maximum atomic E-state index is 12.5. The highest BCUT2D eigenvalue weighted by Crippen LogP contribution is 2.45. The monoisotopic (exact) mass is 405 g/mol. The van der Waals surface area contributed by atoms with Crippen molar-refractivity contribution in [1.29, 1.82) is 0 Å². The summed E-state index contributed by atoms with van der Waals surface area (Å²) < 4.78 is 20.9. The largest absolute Gasteiger partial charge is 0.464 e. The summed E-state index contributed by atoms with van der Waals surface area (Å²) in [6, 6.07) is -2.36. The fourth-order valence-electron chi connectivity index (χ4n) is 3.95. The van der Waals surface area contributed by atoms with Gasteiger partial charge in [-0.1, -0.05) is 0 Å². The van der Waals surface area contributed by atoms with E-state index in [9.17, 15) is 29.9 Å². The van der Waals surface area contributed by atoms with Crippen molar-refractivity contribution >= 4 is 11.9 Å². The summed E-state index contributed by atoms with van der Waals surface area (Å²) in [6.45, 7) is 6.02. The summed E-state index contributed by atoms with van der Waals surface area (Å²) in [5, 5.41) is 33.8. The van der Waals surface area contributed by atoms with Crippen LogP contribution in [-0.4, -0.2) is 76.0 Å². The van der Waals surface area contributed by atoms with Crippen molar-refractivity contribution in [2.45, 2.75) is 69.7 Å². The fraction of sp³-hybridized carbons (Fsp3) is 0.882. The van der Waals surface area contributed by atoms with Gasteiger partial charge in [0, 0.05) is 4.92 Å². The van der Waals surface area contributed by atoms with E-state index in [1.807, 2.05) is 0 Å². The van der Waals surface area contributed by atoms with E-state index in [0.29, 0.717) is 0 Å². The Morgan fingerprint density at radius 2 is 1.57 bits per heavy atom. The van der Waals surface area contributed by atoms with Gasteiger partial charge < -0.3 is 29.2 Å². The third kappa shape index (κ3) is 3.97. The Labute approximate surface area is 162 Å². The molecule has 0 bridgehead atoms. The van der Waals surface area contributed by atoms with Crippen molar-refractivity contribution in [3.05, 3.63) is 10.1 Å². The van der Waals surface area contributed by atoms with Crippen LogP contribution in [-0.2, 0) is 28.5 Å². The average Bonchev–Trinajstić information content (AvgIpc) is 2.94. The molecule has 11 nitrogen and oxygen atoms in total. The number of esters is 2. The first-order valence-corrected chi connectivity index (χ1v) is 9.15. The lowest BCUT2D eigenvalue weighted by molar-refractivity contribution is -0.567. The van der Waals surface area contributed by atoms with Crippen LogP contribution in [0, 0.1) is 16.0 Å². The first-order valence-electron chi connectivity index (χ1n) is 9.15. The molecule has 0 spiro atoms. The lowest BCUT2D eigenvalue weighted by atomic mass is 9.64. The van der Waals surface area contributed by atoms with Gasteiger partial charge in [-0.05, 0) is 46.5 Å². The van der Waals surface area contributed by atoms with Crippen LogP contribution < -0.4 is 0 Å². The van der Waals surface area contributed by atoms with Gasteiger partial charge in [0.05, 0.1) is 25.9 Å². The zero-order valence-corrected chi connectivity index (χ0v) is 16.4. The van der Waals surface area contributed by atoms with Crippen LogP contribution in [0.25, 0.3) is 0 Å². The van der Waals surface area contributed by atoms with Crippen molar-refractivity contribution < 1.29 is 43.7 Å². The lowest BCUT2D eigenvalue weighted by Gasteiger charge is -2.45. The quantitative estimate of drug-likeness (QED) is 0.344. The van der Waals surface area contributed by atoms with Gasteiger partial charge in [-0.2, -0.15) is 0 Å². The Hall–Kier alpha value is -1.82. The maximum Gasteiger partial charge on any atom is 0.345 e. The van der Waals surface area contributed by atoms with Gasteiger partial charge in [-0.25, -0.2) is 9.59 Å². The van der Waals surface area contributed by atoms with Crippen LogP contribution >= 0.6 is 0 Å². The third-order valence-electron chi connectivity index (χ3n) is 5.08. The molecule has 2 fully saturated rings. The second-order valence-corrected chi connectivity index (χ2v) is 7.51. The molecule has 0 aromatic carbocycles. The van der Waals surface area contributed by atoms with E-state index >= 15 is 0 Å². The molecule has 160 valence electrons. The SMILES string of the molecule is CCOC(=O)[C@]1(O)CC([C@H]2COC(C)(C)O2)C[C@](O)(C(=O)OCC)C1[N+](=O)[O-]. The summed E-state index contributed by atoms with van der Waals surface area (Å²) in [7, 11) is 0. The van der Waals surface area contributed by atoms with Crippen molar-refractivity contribution in [3.63, 3.8) is 0 Å². The van der Waals surface area contributed by atoms with Crippen LogP contribution in [0.2, 0.25) is 0 Å². The zero-order valence-electron chi connectivity index (χ0n) is 16.4. The minimum absolute atomic E-state index is 0.0681. The first kappa shape index (κ1) is 22.5. The van der Waals surface area contributed by atoms with E-state index in [0.717, 1.165) is 0 Å². The van der Waals surface area contributed by atoms with Gasteiger partial charge in [0.25, 0.3) is 6.04 Å². The maximum absolute atomic E-state index is 12.5. The number of aliphatic hydroxyl groups is 2. The van der Waals surface area contributed by atoms with Gasteiger partial charge in [0.2, 0.25) is 11.2 Å². The number of nitrogens with zero attached hydrogens (tertiary/aromatic N) is 1. The van der Waals surface area contributed by atoms with E-state index in [-0.39, 0.29) is 19.8 Å². The molecule has 0 radical (unpaired) electrons. The topological polar surface area (TPSA) is 155 Å². The van der Waals surface area contributed by atoms with E-state index in [2.05, 4.69) is 0 Å². The molecule has 1 aliphatic carbocycles. The second kappa shape index (κ2) is 7.90. The third-order valence-corrected chi connectivity index (χ3v) is 5.08. The van der Waals surface area contributed by atoms with E-state index < -0.39 is 64.8 Å². The molecule has 1 saturated carbocycles. The number of carbonyl (C=O) groups excluding carboxylic acids is 2. The highest BCUT2D eigenvalue weighted by atomic mass is 16.7. The first-order chi connectivity index (χ1) is 12.9. The van der Waals surface area contributed by atoms with E-state index in [1.165, 1.54) is 13.8 Å². The molecule has 2 unspecified atom stereocenters. The molecule has 0 aromatic rings. The van der Waals surface area contributed by atoms with Crippen LogP contribution in [0.15, 0.2) is 0 Å². The van der Waals surface area contributed by atoms with Crippen LogP contribution in [0.1, 0.15) is 40.5 Å². The smallest absolute Gasteiger partial charge is 0.345 e. The minimum Gasteiger partial charge on any atom is -0.464 e. The van der Waals surface area contributed by atoms with Gasteiger partial charge in [-0.3, -0.25) is 10.1 Å². The normalized spacial score (nSPS) is 37.3. The summed E-state index contributed by atoms with van der Waals surface area (Å²) in [6.07, 6.45) is -1.59. The number of hydrogen-bond acceptors (Lipinski definition) is 10. The Morgan fingerprint density at radius 1 is 1.11 bits per heavy atom. The predicted molar refractivity (Wildman–Crippen MR) is 91.6 cm³/mol. The zero-order chi connectivity index (χ0) is 21.3. The number of hydrogen-bond donors (Lipinski definition) is 2. The Kier molecular flexibility index (Phi) is 6.34. The molecule has 0 amide bonds. The molecular weight excluding hydrogens is 378 g/mol. The van der Waals surface area contributed by atoms with Gasteiger partial charge >= 0.3 is 11.9 Å². The molecule has 2 rings (SSSR count). The molecule has 2 N–H and O–H groups in total. The van der Waals surface area contributed by atoms with Crippen molar-refractivity contribution in [2.24, 2.45) is 5.92 Å². The lowest BCUT2D eigenvalue weighted by Crippen LogP contribution is -2.72. The number of rotatable bonds is 6. The van der Waals surface area contributed by atoms with Gasteiger partial charge in [-0.15, -0.1) is 0 Å². The summed E-state index contributed by atoms with van der Waals surface area (Å²) >= 11 is 0. The molecule has 11 heteroatoms. The Morgan fingerprint density at radius 3 is 1.89 bits per heavy atom. The van der Waals surface area contributed by atoms with E-state index in [4.69, 9.17) is 18.9 Å². The minimum atomic E-state index is -2.75. The molecule has 0 aromatic heterocycles. The number of ether oxygens (including phenoxy) is 4. The molecule has 1 heterocycles. The van der Waals surface area contributed by atoms with Crippen LogP contribution in [0.3, 0.4) is 0 Å². The summed E-state index contributed by atoms with van der Waals surface area (Å²) in [5.74, 6) is -4.33. The van der Waals surface area contributed by atoms with Crippen LogP contribution in [0.5, 0.6) is 0 Å². The molecule has 5 atom stereocenters. The van der Waals surface area contributed by atoms with Crippen molar-refractivity contribution in [3.8, 4) is 0 Å². The highest BCUT2D eigenvalue weighted by molar-refractivity contribution is 5.86. The molecule has 2 aliphatic rings. The number of nitro groups is 1. The average molecular weight is 405 g/mol. The molecule has 28 heavy (non-hydrogen) atoms. The van der Waals surface area contributed by atoms with Crippen molar-refractivity contribution in [2.75, 3.05) is 19.8 Å². The highest BCUT2D eigenvalue weighted by Gasteiger charge is 2.72. The second-order valence-electron chi connectivity index (χ2n) is 7.51. The van der Waals surface area contributed by atoms with Gasteiger partial charge in [0.1, 0.15) is 0 Å². The standard InChI is InChI=1S/C17H27NO10/c1-5-25-13(19)16(21)7-10(11-9-27-15(3,4)28-11)8-17(22,12(16)18(23)24)14(20)26-6-2/h10-12,21-22H,5-9H2,1-4H3/t10?,11-,12?,16-,17+/m1/s1. The Bertz CT molecular complexity index is 603. The number of carbonyl (C=O) groups is 2. The van der Waals surface area contributed by atoms with E-state index in [1.54, 1.807) is 13.8 Å². The predicted octanol–water partition coefficient (Wildman–Crippen LogP) is -0.218. The van der Waals surface area contributed by atoms with Gasteiger partial charge in [0.15, 0.2) is 5.79 Å². The van der Waals surface area contributed by atoms with Crippen LogP contribution in [0.4, 0.5) is 0 Å². The summed E-state index contributed by atoms with van der Waals surface area (Å²) in [4.78, 5) is 35.7. The fourth-order valence-corrected chi connectivity index (χ4v) is 3.95. The molecule has 1 saturated heterocycles. The Balaban J connectivity index is 2.50. The van der Waals surface area contributed by atoms with Crippen molar-refractivity contribution in [1.82, 2.24) is 0 Å². The molecule has 1 aliphatic heterocycles. The molecular formula is C17H27NO10.